The van der Waals surface area contributed by atoms with Gasteiger partial charge in [0.1, 0.15) is 17.2 Å². The molecule has 1 aliphatic heterocycles. The van der Waals surface area contributed by atoms with Crippen LogP contribution in [0.1, 0.15) is 35.7 Å². The number of carbonyl (C=O) groups is 1. The summed E-state index contributed by atoms with van der Waals surface area (Å²) >= 11 is 6.07. The largest absolute Gasteiger partial charge is 0.494 e. The molecule has 0 bridgehead atoms. The van der Waals surface area contributed by atoms with Crippen LogP contribution >= 0.6 is 11.6 Å². The average Bonchev–Trinajstić information content (AvgIpc) is 3.42. The zero-order valence-corrected chi connectivity index (χ0v) is 19.5. The van der Waals surface area contributed by atoms with E-state index < -0.39 is 0 Å². The number of hydrogen-bond donors (Lipinski definition) is 0. The highest BCUT2D eigenvalue weighted by atomic mass is 35.5. The molecule has 5 nitrogen and oxygen atoms in total. The fourth-order valence-electron chi connectivity index (χ4n) is 3.78. The summed E-state index contributed by atoms with van der Waals surface area (Å²) in [5.41, 5.74) is 3.80. The molecule has 0 fully saturated rings. The molecule has 1 aromatic heterocycles. The highest BCUT2D eigenvalue weighted by Gasteiger charge is 2.28. The Labute approximate surface area is 203 Å². The molecule has 6 heteroatoms. The van der Waals surface area contributed by atoms with Crippen LogP contribution in [0.5, 0.6) is 11.5 Å². The minimum absolute atomic E-state index is 0.199. The van der Waals surface area contributed by atoms with Gasteiger partial charge in [0.05, 0.1) is 17.9 Å². The molecule has 0 unspecified atom stereocenters. The quantitative estimate of drug-likeness (QED) is 0.216. The van der Waals surface area contributed by atoms with Crippen LogP contribution in [0.15, 0.2) is 84.8 Å². The van der Waals surface area contributed by atoms with Crippen molar-refractivity contribution in [3.05, 3.63) is 101 Å². The van der Waals surface area contributed by atoms with Crippen molar-refractivity contribution in [1.29, 1.82) is 0 Å². The number of aromatic nitrogens is 2. The first-order valence-corrected chi connectivity index (χ1v) is 11.6. The van der Waals surface area contributed by atoms with Crippen molar-refractivity contribution < 1.29 is 14.3 Å². The fraction of sp³-hybridized carbons (Fsp3) is 0.143. The van der Waals surface area contributed by atoms with E-state index in [9.17, 15) is 4.79 Å². The number of halogens is 1. The number of allylic oxidation sites excluding steroid dienone is 1. The number of hydrogen-bond acceptors (Lipinski definition) is 4. The Morgan fingerprint density at radius 3 is 2.62 bits per heavy atom. The third-order valence-corrected chi connectivity index (χ3v) is 5.81. The second-order valence-corrected chi connectivity index (χ2v) is 8.46. The molecule has 34 heavy (non-hydrogen) atoms. The predicted octanol–water partition coefficient (Wildman–Crippen LogP) is 6.99. The molecule has 4 aromatic rings. The van der Waals surface area contributed by atoms with Crippen molar-refractivity contribution in [2.45, 2.75) is 19.8 Å². The minimum atomic E-state index is -0.199. The zero-order chi connectivity index (χ0) is 23.5. The lowest BCUT2D eigenvalue weighted by Gasteiger charge is -2.06. The molecular weight excluding hydrogens is 448 g/mol. The number of nitrogens with zero attached hydrogens (tertiary/aromatic N) is 2. The molecule has 2 heterocycles. The third kappa shape index (κ3) is 4.47. The molecule has 5 rings (SSSR count). The maximum atomic E-state index is 13.0. The Morgan fingerprint density at radius 1 is 1.06 bits per heavy atom. The van der Waals surface area contributed by atoms with E-state index in [0.717, 1.165) is 41.1 Å². The standard InChI is InChI=1S/C28H23ClN2O3/c1-2-3-15-33-23-12-9-19(10-13-23)27-20(18-31(30-27)22-7-5-4-6-8-22)16-26-28(32)24-17-21(29)11-14-25(24)34-26/h4-14,16-18H,2-3,15H2,1H3/b26-16-. The van der Waals surface area contributed by atoms with Crippen LogP contribution in [0.2, 0.25) is 5.02 Å². The van der Waals surface area contributed by atoms with Gasteiger partial charge in [0.2, 0.25) is 5.78 Å². The number of ether oxygens (including phenoxy) is 2. The molecule has 0 aliphatic carbocycles. The van der Waals surface area contributed by atoms with Gasteiger partial charge in [-0.3, -0.25) is 4.79 Å². The second-order valence-electron chi connectivity index (χ2n) is 8.02. The number of rotatable bonds is 7. The van der Waals surface area contributed by atoms with Crippen LogP contribution < -0.4 is 9.47 Å². The molecule has 0 radical (unpaired) electrons. The Bertz CT molecular complexity index is 1360. The van der Waals surface area contributed by atoms with Crippen LogP contribution in [0.4, 0.5) is 0 Å². The predicted molar refractivity (Wildman–Crippen MR) is 134 cm³/mol. The summed E-state index contributed by atoms with van der Waals surface area (Å²) in [5, 5.41) is 5.33. The summed E-state index contributed by atoms with van der Waals surface area (Å²) in [7, 11) is 0. The minimum Gasteiger partial charge on any atom is -0.494 e. The number of benzene rings is 3. The number of para-hydroxylation sites is 1. The molecule has 0 saturated carbocycles. The van der Waals surface area contributed by atoms with Crippen LogP contribution in [-0.4, -0.2) is 22.2 Å². The smallest absolute Gasteiger partial charge is 0.232 e. The summed E-state index contributed by atoms with van der Waals surface area (Å²) in [6, 6.07) is 22.7. The van der Waals surface area contributed by atoms with Gasteiger partial charge in [0.15, 0.2) is 5.76 Å². The van der Waals surface area contributed by atoms with Gasteiger partial charge in [-0.25, -0.2) is 4.68 Å². The van der Waals surface area contributed by atoms with Crippen molar-refractivity contribution in [1.82, 2.24) is 9.78 Å². The normalized spacial score (nSPS) is 13.7. The second kappa shape index (κ2) is 9.57. The highest BCUT2D eigenvalue weighted by Crippen LogP contribution is 2.35. The van der Waals surface area contributed by atoms with Gasteiger partial charge in [-0.1, -0.05) is 43.1 Å². The van der Waals surface area contributed by atoms with Gasteiger partial charge in [-0.2, -0.15) is 5.10 Å². The van der Waals surface area contributed by atoms with E-state index in [0.29, 0.717) is 22.9 Å². The lowest BCUT2D eigenvalue weighted by molar-refractivity contribution is 0.101. The van der Waals surface area contributed by atoms with Crippen molar-refractivity contribution >= 4 is 23.5 Å². The summed E-state index contributed by atoms with van der Waals surface area (Å²) in [4.78, 5) is 13.0. The van der Waals surface area contributed by atoms with E-state index in [4.69, 9.17) is 26.2 Å². The number of Topliss-reactive ketones (excluding diaryl/α,β-unsaturated/α-hetero) is 1. The topological polar surface area (TPSA) is 53.4 Å². The first-order valence-electron chi connectivity index (χ1n) is 11.2. The summed E-state index contributed by atoms with van der Waals surface area (Å²) in [6.07, 6.45) is 5.74. The molecule has 0 spiro atoms. The molecular formula is C28H23ClN2O3. The van der Waals surface area contributed by atoms with Crippen molar-refractivity contribution in [2.75, 3.05) is 6.61 Å². The maximum Gasteiger partial charge on any atom is 0.232 e. The van der Waals surface area contributed by atoms with Crippen molar-refractivity contribution in [3.8, 4) is 28.4 Å². The number of ketones is 1. The molecule has 0 atom stereocenters. The van der Waals surface area contributed by atoms with Gasteiger partial charge in [-0.15, -0.1) is 0 Å². The Balaban J connectivity index is 1.52. The summed E-state index contributed by atoms with van der Waals surface area (Å²) < 4.78 is 13.5. The van der Waals surface area contributed by atoms with Crippen molar-refractivity contribution in [3.63, 3.8) is 0 Å². The summed E-state index contributed by atoms with van der Waals surface area (Å²) in [5.74, 6) is 1.37. The Hall–Kier alpha value is -3.83. The van der Waals surface area contributed by atoms with Crippen LogP contribution in [0.3, 0.4) is 0 Å². The lowest BCUT2D eigenvalue weighted by atomic mass is 10.1. The molecule has 0 saturated heterocycles. The summed E-state index contributed by atoms with van der Waals surface area (Å²) in [6.45, 7) is 2.83. The van der Waals surface area contributed by atoms with E-state index in [-0.39, 0.29) is 11.5 Å². The Kier molecular flexibility index (Phi) is 6.19. The van der Waals surface area contributed by atoms with Gasteiger partial charge in [-0.05, 0) is 67.1 Å². The molecule has 0 amide bonds. The monoisotopic (exact) mass is 470 g/mol. The van der Waals surface area contributed by atoms with Crippen LogP contribution in [-0.2, 0) is 0 Å². The fourth-order valence-corrected chi connectivity index (χ4v) is 3.95. The van der Waals surface area contributed by atoms with Gasteiger partial charge in [0.25, 0.3) is 0 Å². The molecule has 3 aromatic carbocycles. The number of carbonyl (C=O) groups excluding carboxylic acids is 1. The van der Waals surface area contributed by atoms with E-state index in [2.05, 4.69) is 6.92 Å². The van der Waals surface area contributed by atoms with E-state index >= 15 is 0 Å². The number of fused-ring (bicyclic) bond motifs is 1. The van der Waals surface area contributed by atoms with Gasteiger partial charge >= 0.3 is 0 Å². The first kappa shape index (κ1) is 22.0. The Morgan fingerprint density at radius 2 is 1.85 bits per heavy atom. The third-order valence-electron chi connectivity index (χ3n) is 5.57. The van der Waals surface area contributed by atoms with E-state index in [1.54, 1.807) is 29.0 Å². The van der Waals surface area contributed by atoms with Crippen LogP contribution in [0, 0.1) is 0 Å². The SMILES string of the molecule is CCCCOc1ccc(-c2nn(-c3ccccc3)cc2/C=C2\Oc3ccc(Cl)cc3C2=O)cc1. The highest BCUT2D eigenvalue weighted by molar-refractivity contribution is 6.31. The number of unbranched alkanes of at least 4 members (excludes halogenated alkanes) is 1. The average molecular weight is 471 g/mol. The van der Waals surface area contributed by atoms with Crippen molar-refractivity contribution in [2.24, 2.45) is 0 Å². The molecule has 0 N–H and O–H groups in total. The van der Waals surface area contributed by atoms with E-state index in [1.807, 2.05) is 60.8 Å². The lowest BCUT2D eigenvalue weighted by Crippen LogP contribution is -1.98. The zero-order valence-electron chi connectivity index (χ0n) is 18.7. The van der Waals surface area contributed by atoms with Gasteiger partial charge < -0.3 is 9.47 Å². The van der Waals surface area contributed by atoms with E-state index in [1.165, 1.54) is 0 Å². The van der Waals surface area contributed by atoms with Crippen LogP contribution in [0.25, 0.3) is 23.0 Å². The maximum absolute atomic E-state index is 13.0. The molecule has 1 aliphatic rings. The van der Waals surface area contributed by atoms with Gasteiger partial charge in [0, 0.05) is 22.3 Å². The first-order chi connectivity index (χ1) is 16.6. The molecule has 170 valence electrons.